The standard InChI is InChI=1S/C6H5ClO2S2/c7-11(8,9)5-3-6-2-1-4-10-6/h1-5H/b5-3+. The number of thiophene rings is 1. The molecule has 0 amide bonds. The van der Waals surface area contributed by atoms with Crippen molar-refractivity contribution >= 4 is 37.1 Å². The predicted molar refractivity (Wildman–Crippen MR) is 48.1 cm³/mol. The van der Waals surface area contributed by atoms with Gasteiger partial charge in [0.15, 0.2) is 0 Å². The van der Waals surface area contributed by atoms with Crippen LogP contribution < -0.4 is 0 Å². The van der Waals surface area contributed by atoms with Crippen LogP contribution in [0.1, 0.15) is 4.88 Å². The lowest BCUT2D eigenvalue weighted by Gasteiger charge is -1.81. The third kappa shape index (κ3) is 3.55. The summed E-state index contributed by atoms with van der Waals surface area (Å²) in [5.74, 6) is 0. The Hall–Kier alpha value is -0.320. The lowest BCUT2D eigenvalue weighted by Crippen LogP contribution is -1.77. The molecule has 0 unspecified atom stereocenters. The van der Waals surface area contributed by atoms with Gasteiger partial charge in [-0.3, -0.25) is 0 Å². The maximum Gasteiger partial charge on any atom is 0.254 e. The number of halogens is 1. The highest BCUT2D eigenvalue weighted by Gasteiger charge is 1.96. The molecule has 0 fully saturated rings. The molecule has 0 atom stereocenters. The summed E-state index contributed by atoms with van der Waals surface area (Å²) in [6, 6.07) is 3.65. The van der Waals surface area contributed by atoms with Gasteiger partial charge < -0.3 is 0 Å². The van der Waals surface area contributed by atoms with Crippen LogP contribution in [-0.4, -0.2) is 8.42 Å². The van der Waals surface area contributed by atoms with Crippen molar-refractivity contribution in [3.63, 3.8) is 0 Å². The van der Waals surface area contributed by atoms with E-state index in [9.17, 15) is 8.42 Å². The van der Waals surface area contributed by atoms with Crippen LogP contribution in [0.4, 0.5) is 0 Å². The fraction of sp³-hybridized carbons (Fsp3) is 0. The first-order chi connectivity index (χ1) is 5.08. The molecular formula is C6H5ClO2S2. The van der Waals surface area contributed by atoms with Crippen LogP contribution in [0.25, 0.3) is 6.08 Å². The summed E-state index contributed by atoms with van der Waals surface area (Å²) >= 11 is 1.45. The zero-order chi connectivity index (χ0) is 8.32. The first-order valence-corrected chi connectivity index (χ1v) is 5.99. The van der Waals surface area contributed by atoms with E-state index in [-0.39, 0.29) is 0 Å². The minimum absolute atomic E-state index is 0.870. The molecule has 0 aromatic carbocycles. The molecule has 0 spiro atoms. The second-order valence-corrected chi connectivity index (χ2v) is 5.29. The SMILES string of the molecule is O=S(=O)(Cl)/C=C/c1cccs1. The summed E-state index contributed by atoms with van der Waals surface area (Å²) in [5.41, 5.74) is 0. The maximum atomic E-state index is 10.4. The van der Waals surface area contributed by atoms with E-state index in [4.69, 9.17) is 10.7 Å². The van der Waals surface area contributed by atoms with E-state index < -0.39 is 9.05 Å². The van der Waals surface area contributed by atoms with Gasteiger partial charge in [-0.1, -0.05) is 6.07 Å². The fourth-order valence-electron chi connectivity index (χ4n) is 0.534. The molecule has 5 heteroatoms. The van der Waals surface area contributed by atoms with Gasteiger partial charge in [0, 0.05) is 21.0 Å². The van der Waals surface area contributed by atoms with Gasteiger partial charge in [-0.2, -0.15) is 0 Å². The topological polar surface area (TPSA) is 34.1 Å². The molecule has 0 radical (unpaired) electrons. The highest BCUT2D eigenvalue weighted by atomic mass is 35.7. The molecule has 0 bridgehead atoms. The van der Waals surface area contributed by atoms with Gasteiger partial charge in [0.2, 0.25) is 0 Å². The van der Waals surface area contributed by atoms with Gasteiger partial charge in [-0.25, -0.2) is 8.42 Å². The van der Waals surface area contributed by atoms with Gasteiger partial charge in [-0.05, 0) is 17.5 Å². The van der Waals surface area contributed by atoms with Crippen LogP contribution in [0.2, 0.25) is 0 Å². The number of hydrogen-bond acceptors (Lipinski definition) is 3. The fourth-order valence-corrected chi connectivity index (χ4v) is 1.70. The van der Waals surface area contributed by atoms with Crippen LogP contribution in [0.15, 0.2) is 22.9 Å². The normalized spacial score (nSPS) is 12.5. The van der Waals surface area contributed by atoms with Crippen LogP contribution >= 0.6 is 22.0 Å². The van der Waals surface area contributed by atoms with E-state index in [2.05, 4.69) is 0 Å². The molecule has 0 saturated heterocycles. The van der Waals surface area contributed by atoms with Gasteiger partial charge in [0.1, 0.15) is 0 Å². The molecule has 1 aromatic heterocycles. The predicted octanol–water partition coefficient (Wildman–Crippen LogP) is 2.29. The Morgan fingerprint density at radius 2 is 2.27 bits per heavy atom. The van der Waals surface area contributed by atoms with Crippen molar-refractivity contribution in [1.82, 2.24) is 0 Å². The van der Waals surface area contributed by atoms with E-state index in [1.54, 1.807) is 0 Å². The summed E-state index contributed by atoms with van der Waals surface area (Å²) in [7, 11) is 1.44. The summed E-state index contributed by atoms with van der Waals surface area (Å²) in [6.45, 7) is 0. The molecular weight excluding hydrogens is 204 g/mol. The van der Waals surface area contributed by atoms with Crippen molar-refractivity contribution in [2.24, 2.45) is 0 Å². The second-order valence-electron chi connectivity index (χ2n) is 1.79. The summed E-state index contributed by atoms with van der Waals surface area (Å²) < 4.78 is 20.8. The quantitative estimate of drug-likeness (QED) is 0.699. The molecule has 1 aromatic rings. The number of hydrogen-bond donors (Lipinski definition) is 0. The average molecular weight is 209 g/mol. The van der Waals surface area contributed by atoms with Crippen LogP contribution in [0, 0.1) is 0 Å². The lowest BCUT2D eigenvalue weighted by molar-refractivity contribution is 0.617. The molecule has 0 aliphatic rings. The van der Waals surface area contributed by atoms with Crippen molar-refractivity contribution < 1.29 is 8.42 Å². The lowest BCUT2D eigenvalue weighted by atomic mass is 10.5. The van der Waals surface area contributed by atoms with Crippen LogP contribution in [-0.2, 0) is 9.05 Å². The Bertz CT molecular complexity index is 337. The van der Waals surface area contributed by atoms with Crippen LogP contribution in [0.3, 0.4) is 0 Å². The van der Waals surface area contributed by atoms with E-state index >= 15 is 0 Å². The monoisotopic (exact) mass is 208 g/mol. The zero-order valence-electron chi connectivity index (χ0n) is 5.40. The highest BCUT2D eigenvalue weighted by molar-refractivity contribution is 8.16. The smallest absolute Gasteiger partial charge is 0.208 e. The van der Waals surface area contributed by atoms with Crippen molar-refractivity contribution in [3.8, 4) is 0 Å². The van der Waals surface area contributed by atoms with Gasteiger partial charge in [0.05, 0.1) is 0 Å². The Morgan fingerprint density at radius 1 is 1.55 bits per heavy atom. The molecule has 0 saturated carbocycles. The average Bonchev–Trinajstić information content (AvgIpc) is 2.32. The van der Waals surface area contributed by atoms with Crippen molar-refractivity contribution in [2.75, 3.05) is 0 Å². The summed E-state index contributed by atoms with van der Waals surface area (Å²) in [4.78, 5) is 0.870. The third-order valence-corrected chi connectivity index (χ3v) is 2.55. The first kappa shape index (κ1) is 8.77. The highest BCUT2D eigenvalue weighted by Crippen LogP contribution is 2.12. The molecule has 1 rings (SSSR count). The summed E-state index contributed by atoms with van der Waals surface area (Å²) in [5, 5.41) is 2.83. The third-order valence-electron chi connectivity index (χ3n) is 0.938. The van der Waals surface area contributed by atoms with E-state index in [1.807, 2.05) is 17.5 Å². The van der Waals surface area contributed by atoms with Crippen molar-refractivity contribution in [2.45, 2.75) is 0 Å². The maximum absolute atomic E-state index is 10.4. The van der Waals surface area contributed by atoms with E-state index in [0.717, 1.165) is 10.3 Å². The first-order valence-electron chi connectivity index (χ1n) is 2.74. The molecule has 2 nitrogen and oxygen atoms in total. The molecule has 0 aliphatic heterocycles. The zero-order valence-corrected chi connectivity index (χ0v) is 7.79. The largest absolute Gasteiger partial charge is 0.254 e. The van der Waals surface area contributed by atoms with Gasteiger partial charge >= 0.3 is 0 Å². The Morgan fingerprint density at radius 3 is 2.73 bits per heavy atom. The molecule has 60 valence electrons. The Kier molecular flexibility index (Phi) is 2.70. The second kappa shape index (κ2) is 3.38. The Balaban J connectivity index is 2.79. The van der Waals surface area contributed by atoms with Crippen LogP contribution in [0.5, 0.6) is 0 Å². The van der Waals surface area contributed by atoms with E-state index in [1.165, 1.54) is 17.4 Å². The minimum atomic E-state index is -3.50. The summed E-state index contributed by atoms with van der Waals surface area (Å²) in [6.07, 6.45) is 1.47. The number of rotatable bonds is 2. The molecule has 0 N–H and O–H groups in total. The molecule has 1 heterocycles. The minimum Gasteiger partial charge on any atom is -0.208 e. The van der Waals surface area contributed by atoms with Gasteiger partial charge in [0.25, 0.3) is 9.05 Å². The van der Waals surface area contributed by atoms with Crippen molar-refractivity contribution in [3.05, 3.63) is 27.8 Å². The Labute approximate surface area is 73.5 Å². The van der Waals surface area contributed by atoms with Crippen molar-refractivity contribution in [1.29, 1.82) is 0 Å². The van der Waals surface area contributed by atoms with E-state index in [0.29, 0.717) is 0 Å². The van der Waals surface area contributed by atoms with Gasteiger partial charge in [-0.15, -0.1) is 11.3 Å². The molecule has 11 heavy (non-hydrogen) atoms. The molecule has 0 aliphatic carbocycles.